The monoisotopic (exact) mass is 261 g/mol. The Kier molecular flexibility index (Phi) is 4.07. The fourth-order valence-electron chi connectivity index (χ4n) is 3.20. The first-order chi connectivity index (χ1) is 7.96. The molecule has 2 saturated heterocycles. The van der Waals surface area contributed by atoms with Crippen LogP contribution in [0.15, 0.2) is 0 Å². The zero-order valence-electron chi connectivity index (χ0n) is 10.4. The Morgan fingerprint density at radius 1 is 1.29 bits per heavy atom. The van der Waals surface area contributed by atoms with Crippen LogP contribution in [-0.4, -0.2) is 50.8 Å². The van der Waals surface area contributed by atoms with E-state index in [1.165, 1.54) is 19.1 Å². The van der Waals surface area contributed by atoms with Gasteiger partial charge in [-0.15, -0.1) is 0 Å². The third-order valence-electron chi connectivity index (χ3n) is 3.88. The molecule has 3 N–H and O–H groups in total. The SMILES string of the molecule is CS(=O)(=O)NCCCN1C2CCC1CC(N)C2. The van der Waals surface area contributed by atoms with Crippen molar-refractivity contribution < 1.29 is 8.42 Å². The molecule has 2 rings (SSSR count). The van der Waals surface area contributed by atoms with Gasteiger partial charge in [-0.05, 0) is 38.6 Å². The lowest BCUT2D eigenvalue weighted by Crippen LogP contribution is -2.48. The van der Waals surface area contributed by atoms with Gasteiger partial charge in [0.1, 0.15) is 0 Å². The third kappa shape index (κ3) is 3.64. The maximum absolute atomic E-state index is 10.9. The Bertz CT molecular complexity index is 344. The molecule has 2 fully saturated rings. The molecule has 6 heteroatoms. The minimum absolute atomic E-state index is 0.373. The topological polar surface area (TPSA) is 75.4 Å². The second-order valence-electron chi connectivity index (χ2n) is 5.37. The molecule has 0 radical (unpaired) electrons. The summed E-state index contributed by atoms with van der Waals surface area (Å²) in [5, 5.41) is 0. The Morgan fingerprint density at radius 3 is 2.41 bits per heavy atom. The van der Waals surface area contributed by atoms with Crippen LogP contribution in [-0.2, 0) is 10.0 Å². The number of hydrogen-bond donors (Lipinski definition) is 2. The van der Waals surface area contributed by atoms with E-state index >= 15 is 0 Å². The molecule has 0 spiro atoms. The summed E-state index contributed by atoms with van der Waals surface area (Å²) < 4.78 is 24.4. The van der Waals surface area contributed by atoms with E-state index in [4.69, 9.17) is 5.73 Å². The zero-order valence-corrected chi connectivity index (χ0v) is 11.2. The molecule has 0 aromatic carbocycles. The molecule has 2 aliphatic rings. The Morgan fingerprint density at radius 2 is 1.88 bits per heavy atom. The van der Waals surface area contributed by atoms with E-state index in [2.05, 4.69) is 9.62 Å². The normalized spacial score (nSPS) is 34.1. The van der Waals surface area contributed by atoms with Crippen molar-refractivity contribution in [1.82, 2.24) is 9.62 Å². The lowest BCUT2D eigenvalue weighted by atomic mass is 9.98. The van der Waals surface area contributed by atoms with Gasteiger partial charge < -0.3 is 5.73 Å². The van der Waals surface area contributed by atoms with Gasteiger partial charge in [-0.3, -0.25) is 4.90 Å². The molecule has 0 saturated carbocycles. The smallest absolute Gasteiger partial charge is 0.208 e. The highest BCUT2D eigenvalue weighted by Gasteiger charge is 2.38. The lowest BCUT2D eigenvalue weighted by Gasteiger charge is -2.37. The van der Waals surface area contributed by atoms with Crippen LogP contribution >= 0.6 is 0 Å². The Hall–Kier alpha value is -0.170. The summed E-state index contributed by atoms with van der Waals surface area (Å²) in [7, 11) is -3.04. The first-order valence-corrected chi connectivity index (χ1v) is 8.31. The van der Waals surface area contributed by atoms with Crippen molar-refractivity contribution in [1.29, 1.82) is 0 Å². The van der Waals surface area contributed by atoms with E-state index in [-0.39, 0.29) is 0 Å². The van der Waals surface area contributed by atoms with Crippen molar-refractivity contribution in [3.63, 3.8) is 0 Å². The van der Waals surface area contributed by atoms with Gasteiger partial charge in [0.2, 0.25) is 10.0 Å². The zero-order chi connectivity index (χ0) is 12.5. The number of piperidine rings is 1. The molecule has 2 heterocycles. The largest absolute Gasteiger partial charge is 0.328 e. The predicted molar refractivity (Wildman–Crippen MR) is 68.2 cm³/mol. The summed E-state index contributed by atoms with van der Waals surface area (Å²) in [6, 6.07) is 1.65. The van der Waals surface area contributed by atoms with Crippen LogP contribution in [0, 0.1) is 0 Å². The van der Waals surface area contributed by atoms with Gasteiger partial charge in [0.15, 0.2) is 0 Å². The first-order valence-electron chi connectivity index (χ1n) is 6.41. The van der Waals surface area contributed by atoms with Crippen LogP contribution < -0.4 is 10.5 Å². The van der Waals surface area contributed by atoms with Gasteiger partial charge in [-0.2, -0.15) is 0 Å². The molecular weight excluding hydrogens is 238 g/mol. The van der Waals surface area contributed by atoms with Crippen molar-refractivity contribution >= 4 is 10.0 Å². The van der Waals surface area contributed by atoms with E-state index in [1.807, 2.05) is 0 Å². The maximum atomic E-state index is 10.9. The van der Waals surface area contributed by atoms with Crippen molar-refractivity contribution in [2.24, 2.45) is 5.73 Å². The summed E-state index contributed by atoms with van der Waals surface area (Å²) >= 11 is 0. The quantitative estimate of drug-likeness (QED) is 0.677. The first kappa shape index (κ1) is 13.3. The Labute approximate surface area is 104 Å². The maximum Gasteiger partial charge on any atom is 0.208 e. The van der Waals surface area contributed by atoms with Gasteiger partial charge in [0.05, 0.1) is 6.26 Å². The predicted octanol–water partition coefficient (Wildman–Crippen LogP) is -0.120. The number of sulfonamides is 1. The molecule has 0 aliphatic carbocycles. The van der Waals surface area contributed by atoms with Gasteiger partial charge in [-0.25, -0.2) is 13.1 Å². The van der Waals surface area contributed by atoms with Crippen molar-refractivity contribution in [2.75, 3.05) is 19.3 Å². The standard InChI is InChI=1S/C11H23N3O2S/c1-17(15,16)13-5-2-6-14-10-3-4-11(14)8-9(12)7-10/h9-11,13H,2-8,12H2,1H3. The minimum atomic E-state index is -3.04. The summed E-state index contributed by atoms with van der Waals surface area (Å²) in [6.07, 6.45) is 6.83. The van der Waals surface area contributed by atoms with Crippen LogP contribution in [0.5, 0.6) is 0 Å². The second-order valence-corrected chi connectivity index (χ2v) is 7.21. The summed E-state index contributed by atoms with van der Waals surface area (Å²) in [5.41, 5.74) is 6.01. The Balaban J connectivity index is 1.73. The van der Waals surface area contributed by atoms with Crippen molar-refractivity contribution in [3.8, 4) is 0 Å². The fourth-order valence-corrected chi connectivity index (χ4v) is 3.72. The average Bonchev–Trinajstić information content (AvgIpc) is 2.44. The molecule has 17 heavy (non-hydrogen) atoms. The van der Waals surface area contributed by atoms with Crippen LogP contribution in [0.1, 0.15) is 32.1 Å². The molecule has 0 amide bonds. The lowest BCUT2D eigenvalue weighted by molar-refractivity contribution is 0.127. The average molecular weight is 261 g/mol. The molecule has 2 bridgehead atoms. The van der Waals surface area contributed by atoms with Crippen LogP contribution in [0.3, 0.4) is 0 Å². The van der Waals surface area contributed by atoms with Crippen LogP contribution in [0.2, 0.25) is 0 Å². The summed E-state index contributed by atoms with van der Waals surface area (Å²) in [5.74, 6) is 0. The summed E-state index contributed by atoms with van der Waals surface area (Å²) in [4.78, 5) is 2.54. The van der Waals surface area contributed by atoms with Crippen molar-refractivity contribution in [2.45, 2.75) is 50.2 Å². The van der Waals surface area contributed by atoms with Crippen LogP contribution in [0.4, 0.5) is 0 Å². The number of rotatable bonds is 5. The summed E-state index contributed by atoms with van der Waals surface area (Å²) in [6.45, 7) is 1.53. The highest BCUT2D eigenvalue weighted by Crippen LogP contribution is 2.34. The molecule has 2 unspecified atom stereocenters. The van der Waals surface area contributed by atoms with Gasteiger partial charge in [0.25, 0.3) is 0 Å². The molecule has 5 nitrogen and oxygen atoms in total. The molecular formula is C11H23N3O2S. The van der Waals surface area contributed by atoms with Gasteiger partial charge >= 0.3 is 0 Å². The fraction of sp³-hybridized carbons (Fsp3) is 1.00. The third-order valence-corrected chi connectivity index (χ3v) is 4.61. The van der Waals surface area contributed by atoms with Gasteiger partial charge in [-0.1, -0.05) is 0 Å². The van der Waals surface area contributed by atoms with E-state index in [9.17, 15) is 8.42 Å². The molecule has 2 atom stereocenters. The highest BCUT2D eigenvalue weighted by atomic mass is 32.2. The molecule has 0 aromatic rings. The molecule has 100 valence electrons. The van der Waals surface area contributed by atoms with Crippen LogP contribution in [0.25, 0.3) is 0 Å². The van der Waals surface area contributed by atoms with E-state index in [1.54, 1.807) is 0 Å². The van der Waals surface area contributed by atoms with Gasteiger partial charge in [0, 0.05) is 24.7 Å². The van der Waals surface area contributed by atoms with E-state index < -0.39 is 10.0 Å². The van der Waals surface area contributed by atoms with Crippen molar-refractivity contribution in [3.05, 3.63) is 0 Å². The number of fused-ring (bicyclic) bond motifs is 2. The van der Waals surface area contributed by atoms with E-state index in [0.717, 1.165) is 25.8 Å². The molecule has 2 aliphatic heterocycles. The number of nitrogens with one attached hydrogen (secondary N) is 1. The number of nitrogens with zero attached hydrogens (tertiary/aromatic N) is 1. The minimum Gasteiger partial charge on any atom is -0.328 e. The highest BCUT2D eigenvalue weighted by molar-refractivity contribution is 7.88. The van der Waals surface area contributed by atoms with E-state index in [0.29, 0.717) is 24.7 Å². The molecule has 0 aromatic heterocycles. The number of hydrogen-bond acceptors (Lipinski definition) is 4. The second kappa shape index (κ2) is 5.22. The number of nitrogens with two attached hydrogens (primary N) is 1.